The summed E-state index contributed by atoms with van der Waals surface area (Å²) in [7, 11) is -3.80. The summed E-state index contributed by atoms with van der Waals surface area (Å²) in [4.78, 5) is -0.217. The number of sulfonamides is 1. The van der Waals surface area contributed by atoms with Gasteiger partial charge in [0, 0.05) is 11.6 Å². The van der Waals surface area contributed by atoms with Crippen LogP contribution in [0.1, 0.15) is 25.3 Å². The number of nitrogens with one attached hydrogen (secondary N) is 1. The first-order valence-electron chi connectivity index (χ1n) is 5.96. The second-order valence-corrected chi connectivity index (χ2v) is 6.88. The molecule has 0 spiro atoms. The lowest BCUT2D eigenvalue weighted by atomic mass is 10.2. The molecule has 1 aliphatic carbocycles. The van der Waals surface area contributed by atoms with Crippen molar-refractivity contribution in [1.29, 1.82) is 0 Å². The molecule has 0 saturated heterocycles. The molecular weight excluding hydrogens is 293 g/mol. The van der Waals surface area contributed by atoms with Crippen molar-refractivity contribution in [3.8, 4) is 0 Å². The Kier molecular flexibility index (Phi) is 4.15. The smallest absolute Gasteiger partial charge is 0.240 e. The predicted octanol–water partition coefficient (Wildman–Crippen LogP) is 2.05. The van der Waals surface area contributed by atoms with Gasteiger partial charge in [-0.2, -0.15) is 0 Å². The SMILES string of the molecule is CC(NS(=O)(=O)c1cc(F)c(Cl)c(CO)c1)C1CC1. The Morgan fingerprint density at radius 3 is 2.68 bits per heavy atom. The fourth-order valence-corrected chi connectivity index (χ4v) is 3.44. The zero-order valence-electron chi connectivity index (χ0n) is 10.4. The van der Waals surface area contributed by atoms with E-state index in [9.17, 15) is 12.8 Å². The summed E-state index contributed by atoms with van der Waals surface area (Å²) in [6, 6.07) is 1.87. The van der Waals surface area contributed by atoms with Crippen LogP contribution in [-0.4, -0.2) is 19.6 Å². The summed E-state index contributed by atoms with van der Waals surface area (Å²) < 4.78 is 40.3. The van der Waals surface area contributed by atoms with Crippen LogP contribution >= 0.6 is 11.6 Å². The van der Waals surface area contributed by atoms with Gasteiger partial charge < -0.3 is 5.11 Å². The number of benzene rings is 1. The minimum Gasteiger partial charge on any atom is -0.392 e. The predicted molar refractivity (Wildman–Crippen MR) is 69.8 cm³/mol. The molecule has 1 fully saturated rings. The number of aliphatic hydroxyl groups is 1. The molecule has 0 bridgehead atoms. The second-order valence-electron chi connectivity index (χ2n) is 4.78. The van der Waals surface area contributed by atoms with Gasteiger partial charge in [0.25, 0.3) is 0 Å². The van der Waals surface area contributed by atoms with E-state index in [1.165, 1.54) is 6.07 Å². The van der Waals surface area contributed by atoms with Gasteiger partial charge >= 0.3 is 0 Å². The number of halogens is 2. The highest BCUT2D eigenvalue weighted by molar-refractivity contribution is 7.89. The Morgan fingerprint density at radius 2 is 2.16 bits per heavy atom. The van der Waals surface area contributed by atoms with E-state index in [-0.39, 0.29) is 21.5 Å². The van der Waals surface area contributed by atoms with E-state index >= 15 is 0 Å². The topological polar surface area (TPSA) is 66.4 Å². The summed E-state index contributed by atoms with van der Waals surface area (Å²) in [5, 5.41) is 8.79. The lowest BCUT2D eigenvalue weighted by Crippen LogP contribution is -2.34. The summed E-state index contributed by atoms with van der Waals surface area (Å²) in [6.07, 6.45) is 2.00. The van der Waals surface area contributed by atoms with Gasteiger partial charge in [0.2, 0.25) is 10.0 Å². The molecule has 1 unspecified atom stereocenters. The first-order chi connectivity index (χ1) is 8.85. The Morgan fingerprint density at radius 1 is 1.53 bits per heavy atom. The third kappa shape index (κ3) is 3.25. The number of hydrogen-bond acceptors (Lipinski definition) is 3. The maximum Gasteiger partial charge on any atom is 0.240 e. The Hall–Kier alpha value is -0.690. The zero-order valence-corrected chi connectivity index (χ0v) is 11.9. The number of aliphatic hydroxyl groups excluding tert-OH is 1. The highest BCUT2D eigenvalue weighted by Crippen LogP contribution is 2.33. The van der Waals surface area contributed by atoms with Crippen molar-refractivity contribution in [2.45, 2.75) is 37.3 Å². The molecule has 2 rings (SSSR count). The molecule has 0 aromatic heterocycles. The van der Waals surface area contributed by atoms with Crippen LogP contribution in [0, 0.1) is 11.7 Å². The van der Waals surface area contributed by atoms with Gasteiger partial charge in [-0.15, -0.1) is 0 Å². The average molecular weight is 308 g/mol. The van der Waals surface area contributed by atoms with E-state index in [2.05, 4.69) is 4.72 Å². The molecule has 2 N–H and O–H groups in total. The van der Waals surface area contributed by atoms with Crippen molar-refractivity contribution in [2.24, 2.45) is 5.92 Å². The van der Waals surface area contributed by atoms with E-state index in [1.807, 2.05) is 0 Å². The van der Waals surface area contributed by atoms with Gasteiger partial charge in [0.15, 0.2) is 0 Å². The number of hydrogen-bond donors (Lipinski definition) is 2. The molecule has 0 heterocycles. The second kappa shape index (κ2) is 5.36. The fraction of sp³-hybridized carbons (Fsp3) is 0.500. The van der Waals surface area contributed by atoms with E-state index in [1.54, 1.807) is 6.92 Å². The van der Waals surface area contributed by atoms with Gasteiger partial charge in [0.05, 0.1) is 16.5 Å². The molecule has 106 valence electrons. The summed E-state index contributed by atoms with van der Waals surface area (Å²) in [6.45, 7) is 1.27. The summed E-state index contributed by atoms with van der Waals surface area (Å²) in [5.41, 5.74) is 0.0566. The molecule has 19 heavy (non-hydrogen) atoms. The minimum atomic E-state index is -3.80. The Balaban J connectivity index is 2.31. The van der Waals surface area contributed by atoms with E-state index in [0.29, 0.717) is 5.92 Å². The molecule has 1 aliphatic rings. The standard InChI is InChI=1S/C12H15ClFNO3S/c1-7(8-2-3-8)15-19(17,18)10-4-9(6-16)12(13)11(14)5-10/h4-5,7-8,15-16H,2-3,6H2,1H3. The fourth-order valence-electron chi connectivity index (χ4n) is 1.89. The van der Waals surface area contributed by atoms with E-state index < -0.39 is 22.4 Å². The van der Waals surface area contributed by atoms with Gasteiger partial charge in [-0.05, 0) is 37.8 Å². The van der Waals surface area contributed by atoms with Crippen molar-refractivity contribution >= 4 is 21.6 Å². The van der Waals surface area contributed by atoms with Crippen molar-refractivity contribution in [3.63, 3.8) is 0 Å². The quantitative estimate of drug-likeness (QED) is 0.875. The largest absolute Gasteiger partial charge is 0.392 e. The monoisotopic (exact) mass is 307 g/mol. The molecule has 1 aromatic rings. The number of rotatable bonds is 5. The normalized spacial score (nSPS) is 17.5. The van der Waals surface area contributed by atoms with Gasteiger partial charge in [-0.25, -0.2) is 17.5 Å². The highest BCUT2D eigenvalue weighted by atomic mass is 35.5. The molecule has 0 radical (unpaired) electrons. The van der Waals surface area contributed by atoms with Crippen molar-refractivity contribution in [1.82, 2.24) is 4.72 Å². The van der Waals surface area contributed by atoms with E-state index in [4.69, 9.17) is 16.7 Å². The summed E-state index contributed by atoms with van der Waals surface area (Å²) >= 11 is 5.63. The van der Waals surface area contributed by atoms with Gasteiger partial charge in [0.1, 0.15) is 5.82 Å². The van der Waals surface area contributed by atoms with Crippen molar-refractivity contribution in [2.75, 3.05) is 0 Å². The maximum absolute atomic E-state index is 13.5. The zero-order chi connectivity index (χ0) is 14.2. The van der Waals surface area contributed by atoms with E-state index in [0.717, 1.165) is 18.9 Å². The van der Waals surface area contributed by atoms with Crippen LogP contribution < -0.4 is 4.72 Å². The summed E-state index contributed by atoms with van der Waals surface area (Å²) in [5.74, 6) is -0.503. The van der Waals surface area contributed by atoms with Crippen LogP contribution in [0.25, 0.3) is 0 Å². The van der Waals surface area contributed by atoms with Crippen LogP contribution in [0.5, 0.6) is 0 Å². The minimum absolute atomic E-state index is 0.0566. The van der Waals surface area contributed by atoms with Crippen molar-refractivity contribution < 1.29 is 17.9 Å². The highest BCUT2D eigenvalue weighted by Gasteiger charge is 2.31. The first kappa shape index (κ1) is 14.7. The molecule has 1 saturated carbocycles. The van der Waals surface area contributed by atoms with Crippen LogP contribution in [0.4, 0.5) is 4.39 Å². The molecule has 0 aliphatic heterocycles. The molecule has 4 nitrogen and oxygen atoms in total. The third-order valence-electron chi connectivity index (χ3n) is 3.23. The van der Waals surface area contributed by atoms with Gasteiger partial charge in [-0.1, -0.05) is 11.6 Å². The molecule has 1 atom stereocenters. The van der Waals surface area contributed by atoms with Gasteiger partial charge in [-0.3, -0.25) is 0 Å². The molecule has 7 heteroatoms. The van der Waals surface area contributed by atoms with Crippen LogP contribution in [-0.2, 0) is 16.6 Å². The third-order valence-corrected chi connectivity index (χ3v) is 5.19. The van der Waals surface area contributed by atoms with Crippen LogP contribution in [0.3, 0.4) is 0 Å². The maximum atomic E-state index is 13.5. The van der Waals surface area contributed by atoms with Crippen LogP contribution in [0.2, 0.25) is 5.02 Å². The lowest BCUT2D eigenvalue weighted by Gasteiger charge is -2.14. The van der Waals surface area contributed by atoms with Crippen LogP contribution in [0.15, 0.2) is 17.0 Å². The Bertz CT molecular complexity index is 587. The Labute approximate surface area is 116 Å². The lowest BCUT2D eigenvalue weighted by molar-refractivity contribution is 0.281. The molecule has 1 aromatic carbocycles. The average Bonchev–Trinajstić information content (AvgIpc) is 3.15. The first-order valence-corrected chi connectivity index (χ1v) is 7.82. The molecule has 0 amide bonds. The molecular formula is C12H15ClFNO3S. The van der Waals surface area contributed by atoms with Crippen molar-refractivity contribution in [3.05, 3.63) is 28.5 Å².